The van der Waals surface area contributed by atoms with Gasteiger partial charge in [-0.1, -0.05) is 36.0 Å². The molecule has 1 aliphatic carbocycles. The molecule has 0 spiro atoms. The van der Waals surface area contributed by atoms with Crippen LogP contribution in [0.1, 0.15) is 29.6 Å². The number of hydrogen-bond acceptors (Lipinski definition) is 5. The summed E-state index contributed by atoms with van der Waals surface area (Å²) in [5, 5.41) is 14.5. The van der Waals surface area contributed by atoms with Crippen molar-refractivity contribution in [3.8, 4) is 0 Å². The Morgan fingerprint density at radius 2 is 2.04 bits per heavy atom. The van der Waals surface area contributed by atoms with E-state index in [1.807, 2.05) is 30.3 Å². The zero-order valence-electron chi connectivity index (χ0n) is 13.6. The molecule has 1 N–H and O–H groups in total. The van der Waals surface area contributed by atoms with E-state index < -0.39 is 0 Å². The third kappa shape index (κ3) is 4.11. The number of thioether (sulfide) groups is 1. The second-order valence-electron chi connectivity index (χ2n) is 5.96. The van der Waals surface area contributed by atoms with Crippen LogP contribution in [0.3, 0.4) is 0 Å². The molecule has 1 aliphatic rings. The smallest absolute Gasteiger partial charge is 0.234 e. The number of hydrogen-bond donors (Lipinski definition) is 1. The van der Waals surface area contributed by atoms with Gasteiger partial charge in [0.1, 0.15) is 5.82 Å². The Bertz CT molecular complexity index is 841. The lowest BCUT2D eigenvalue weighted by molar-refractivity contribution is -0.113. The predicted octanol–water partition coefficient (Wildman–Crippen LogP) is 4.00. The Morgan fingerprint density at radius 3 is 2.76 bits per heavy atom. The standard InChI is InChI=1S/C18H18N4OS2/c23-17(19-13-5-2-1-3-6-13)12-25-18-21-20-16(22(18)14-8-9-14)11-15-7-4-10-24-15/h1-7,10,14H,8-9,11-12H2,(H,19,23). The van der Waals surface area contributed by atoms with Crippen LogP contribution in [0.25, 0.3) is 0 Å². The largest absolute Gasteiger partial charge is 0.325 e. The maximum absolute atomic E-state index is 12.2. The monoisotopic (exact) mass is 370 g/mol. The topological polar surface area (TPSA) is 59.8 Å². The highest BCUT2D eigenvalue weighted by Gasteiger charge is 2.29. The Labute approximate surface area is 154 Å². The molecule has 0 atom stereocenters. The van der Waals surface area contributed by atoms with E-state index in [2.05, 4.69) is 37.6 Å². The van der Waals surface area contributed by atoms with Crippen LogP contribution in [0, 0.1) is 0 Å². The number of thiophene rings is 1. The molecule has 1 aromatic carbocycles. The Morgan fingerprint density at radius 1 is 1.20 bits per heavy atom. The van der Waals surface area contributed by atoms with Gasteiger partial charge in [-0.05, 0) is 36.4 Å². The van der Waals surface area contributed by atoms with Crippen molar-refractivity contribution in [1.82, 2.24) is 14.8 Å². The van der Waals surface area contributed by atoms with Gasteiger partial charge in [-0.3, -0.25) is 4.79 Å². The van der Waals surface area contributed by atoms with E-state index in [1.165, 1.54) is 29.5 Å². The van der Waals surface area contributed by atoms with Crippen molar-refractivity contribution in [3.05, 3.63) is 58.5 Å². The van der Waals surface area contributed by atoms with Gasteiger partial charge in [-0.25, -0.2) is 0 Å². The van der Waals surface area contributed by atoms with E-state index in [0.717, 1.165) is 23.1 Å². The second-order valence-corrected chi connectivity index (χ2v) is 7.93. The fraction of sp³-hybridized carbons (Fsp3) is 0.278. The van der Waals surface area contributed by atoms with Crippen LogP contribution in [0.5, 0.6) is 0 Å². The molecule has 0 unspecified atom stereocenters. The molecule has 0 bridgehead atoms. The summed E-state index contributed by atoms with van der Waals surface area (Å²) in [6, 6.07) is 14.2. The highest BCUT2D eigenvalue weighted by Crippen LogP contribution is 2.39. The van der Waals surface area contributed by atoms with E-state index in [9.17, 15) is 4.79 Å². The number of amides is 1. The zero-order chi connectivity index (χ0) is 17.1. The fourth-order valence-electron chi connectivity index (χ4n) is 2.64. The fourth-order valence-corrected chi connectivity index (χ4v) is 4.17. The number of aromatic nitrogens is 3. The van der Waals surface area contributed by atoms with E-state index in [4.69, 9.17) is 0 Å². The van der Waals surface area contributed by atoms with Gasteiger partial charge in [-0.2, -0.15) is 0 Å². The summed E-state index contributed by atoms with van der Waals surface area (Å²) in [6.45, 7) is 0. The van der Waals surface area contributed by atoms with Crippen LogP contribution in [0.4, 0.5) is 5.69 Å². The lowest BCUT2D eigenvalue weighted by Gasteiger charge is -2.08. The Balaban J connectivity index is 1.42. The molecule has 128 valence electrons. The molecule has 1 saturated carbocycles. The van der Waals surface area contributed by atoms with Gasteiger partial charge in [0.2, 0.25) is 5.91 Å². The van der Waals surface area contributed by atoms with Crippen molar-refractivity contribution < 1.29 is 4.79 Å². The summed E-state index contributed by atoms with van der Waals surface area (Å²) in [5.41, 5.74) is 0.815. The molecule has 0 radical (unpaired) electrons. The summed E-state index contributed by atoms with van der Waals surface area (Å²) >= 11 is 3.19. The van der Waals surface area contributed by atoms with Crippen LogP contribution < -0.4 is 5.32 Å². The lowest BCUT2D eigenvalue weighted by atomic mass is 10.3. The molecule has 4 rings (SSSR count). The molecule has 25 heavy (non-hydrogen) atoms. The SMILES string of the molecule is O=C(CSc1nnc(Cc2cccs2)n1C1CC1)Nc1ccccc1. The second kappa shape index (κ2) is 7.41. The van der Waals surface area contributed by atoms with E-state index >= 15 is 0 Å². The maximum Gasteiger partial charge on any atom is 0.234 e. The normalized spacial score (nSPS) is 13.8. The molecular formula is C18H18N4OS2. The minimum atomic E-state index is -0.0265. The summed E-state index contributed by atoms with van der Waals surface area (Å²) in [6.07, 6.45) is 3.14. The molecule has 1 amide bonds. The first kappa shape index (κ1) is 16.4. The summed E-state index contributed by atoms with van der Waals surface area (Å²) in [7, 11) is 0. The number of benzene rings is 1. The van der Waals surface area contributed by atoms with Crippen LogP contribution in [0.2, 0.25) is 0 Å². The Hall–Kier alpha value is -2.12. The number of rotatable bonds is 7. The van der Waals surface area contributed by atoms with Crippen molar-refractivity contribution in [1.29, 1.82) is 0 Å². The molecule has 1 fully saturated rings. The maximum atomic E-state index is 12.2. The highest BCUT2D eigenvalue weighted by molar-refractivity contribution is 7.99. The van der Waals surface area contributed by atoms with Crippen LogP contribution in [-0.4, -0.2) is 26.4 Å². The predicted molar refractivity (Wildman–Crippen MR) is 101 cm³/mol. The van der Waals surface area contributed by atoms with Crippen molar-refractivity contribution >= 4 is 34.7 Å². The molecule has 7 heteroatoms. The van der Waals surface area contributed by atoms with E-state index in [-0.39, 0.29) is 5.91 Å². The molecule has 2 heterocycles. The first-order chi connectivity index (χ1) is 12.3. The van der Waals surface area contributed by atoms with Gasteiger partial charge >= 0.3 is 0 Å². The average molecular weight is 371 g/mol. The Kier molecular flexibility index (Phi) is 4.85. The third-order valence-electron chi connectivity index (χ3n) is 3.95. The summed E-state index contributed by atoms with van der Waals surface area (Å²) in [4.78, 5) is 13.4. The number of para-hydroxylation sites is 1. The first-order valence-corrected chi connectivity index (χ1v) is 10.1. The number of carbonyl (C=O) groups excluding carboxylic acids is 1. The number of anilines is 1. The molecule has 5 nitrogen and oxygen atoms in total. The average Bonchev–Trinajstić information content (AvgIpc) is 3.17. The minimum absolute atomic E-state index is 0.0265. The van der Waals surface area contributed by atoms with Gasteiger partial charge in [0.25, 0.3) is 0 Å². The molecule has 0 aliphatic heterocycles. The van der Waals surface area contributed by atoms with Crippen molar-refractivity contribution in [2.24, 2.45) is 0 Å². The zero-order valence-corrected chi connectivity index (χ0v) is 15.2. The summed E-state index contributed by atoms with van der Waals surface area (Å²) < 4.78 is 2.22. The summed E-state index contributed by atoms with van der Waals surface area (Å²) in [5.74, 6) is 1.30. The van der Waals surface area contributed by atoms with Crippen LogP contribution >= 0.6 is 23.1 Å². The lowest BCUT2D eigenvalue weighted by Crippen LogP contribution is -2.14. The van der Waals surface area contributed by atoms with Crippen LogP contribution in [0.15, 0.2) is 53.0 Å². The van der Waals surface area contributed by atoms with E-state index in [1.54, 1.807) is 11.3 Å². The molecular weight excluding hydrogens is 352 g/mol. The van der Waals surface area contributed by atoms with Gasteiger partial charge in [0.15, 0.2) is 5.16 Å². The van der Waals surface area contributed by atoms with E-state index in [0.29, 0.717) is 11.8 Å². The number of carbonyl (C=O) groups is 1. The van der Waals surface area contributed by atoms with Gasteiger partial charge in [-0.15, -0.1) is 21.5 Å². The van der Waals surface area contributed by atoms with Gasteiger partial charge in [0.05, 0.1) is 5.75 Å². The van der Waals surface area contributed by atoms with Crippen LogP contribution in [-0.2, 0) is 11.2 Å². The number of nitrogens with zero attached hydrogens (tertiary/aromatic N) is 3. The van der Waals surface area contributed by atoms with Crippen molar-refractivity contribution in [3.63, 3.8) is 0 Å². The minimum Gasteiger partial charge on any atom is -0.325 e. The number of nitrogens with one attached hydrogen (secondary N) is 1. The van der Waals surface area contributed by atoms with Crippen molar-refractivity contribution in [2.75, 3.05) is 11.1 Å². The quantitative estimate of drug-likeness (QED) is 0.639. The highest BCUT2D eigenvalue weighted by atomic mass is 32.2. The van der Waals surface area contributed by atoms with Gasteiger partial charge < -0.3 is 9.88 Å². The molecule has 0 saturated heterocycles. The van der Waals surface area contributed by atoms with Gasteiger partial charge in [0, 0.05) is 23.0 Å². The first-order valence-electron chi connectivity index (χ1n) is 8.23. The third-order valence-corrected chi connectivity index (χ3v) is 5.77. The molecule has 3 aromatic rings. The van der Waals surface area contributed by atoms with Crippen molar-refractivity contribution in [2.45, 2.75) is 30.5 Å². The molecule has 2 aromatic heterocycles.